The van der Waals surface area contributed by atoms with Crippen molar-refractivity contribution in [2.75, 3.05) is 26.2 Å². The van der Waals surface area contributed by atoms with Crippen molar-refractivity contribution in [2.24, 2.45) is 5.92 Å². The number of Topliss-reactive ketones (excluding diaryl/α,β-unsaturated/α-hetero) is 1. The summed E-state index contributed by atoms with van der Waals surface area (Å²) in [5.41, 5.74) is 0.882. The topological polar surface area (TPSA) is 17.1 Å². The van der Waals surface area contributed by atoms with E-state index in [0.717, 1.165) is 22.5 Å². The lowest BCUT2D eigenvalue weighted by atomic mass is 9.85. The fourth-order valence-electron chi connectivity index (χ4n) is 3.39. The lowest BCUT2D eigenvalue weighted by molar-refractivity contribution is -0.935. The Labute approximate surface area is 103 Å². The molecule has 3 aliphatic rings. The summed E-state index contributed by atoms with van der Waals surface area (Å²) in [5, 5.41) is 0. The van der Waals surface area contributed by atoms with Crippen molar-refractivity contribution in [1.82, 2.24) is 0 Å². The van der Waals surface area contributed by atoms with E-state index >= 15 is 0 Å². The van der Waals surface area contributed by atoms with E-state index < -0.39 is 0 Å². The molecule has 0 N–H and O–H groups in total. The highest BCUT2D eigenvalue weighted by Crippen LogP contribution is 2.33. The maximum Gasteiger partial charge on any atom is 0.216 e. The summed E-state index contributed by atoms with van der Waals surface area (Å²) in [6, 6.07) is 9.76. The number of benzene rings is 1. The van der Waals surface area contributed by atoms with Gasteiger partial charge in [-0.3, -0.25) is 4.79 Å². The molecule has 3 aliphatic heterocycles. The van der Waals surface area contributed by atoms with Crippen LogP contribution in [0.3, 0.4) is 0 Å². The number of ketones is 1. The molecule has 0 spiro atoms. The molecule has 1 aromatic carbocycles. The van der Waals surface area contributed by atoms with Gasteiger partial charge in [0, 0.05) is 5.56 Å². The fraction of sp³-hybridized carbons (Fsp3) is 0.533. The highest BCUT2D eigenvalue weighted by molar-refractivity contribution is 5.96. The minimum Gasteiger partial charge on any atom is -0.317 e. The highest BCUT2D eigenvalue weighted by Gasteiger charge is 2.40. The number of rotatable bonds is 3. The molecule has 0 aliphatic carbocycles. The summed E-state index contributed by atoms with van der Waals surface area (Å²) in [6.45, 7) is 4.40. The molecule has 0 radical (unpaired) electrons. The van der Waals surface area contributed by atoms with Crippen LogP contribution in [0.15, 0.2) is 30.3 Å². The second-order valence-corrected chi connectivity index (χ2v) is 5.69. The minimum atomic E-state index is 0.325. The first-order chi connectivity index (χ1) is 8.27. The summed E-state index contributed by atoms with van der Waals surface area (Å²) >= 11 is 0. The summed E-state index contributed by atoms with van der Waals surface area (Å²) in [4.78, 5) is 12.3. The van der Waals surface area contributed by atoms with Crippen LogP contribution in [-0.2, 0) is 0 Å². The molecular formula is C15H20NO+. The van der Waals surface area contributed by atoms with Crippen LogP contribution >= 0.6 is 0 Å². The molecule has 2 nitrogen and oxygen atoms in total. The number of piperidine rings is 3. The predicted octanol–water partition coefficient (Wildman–Crippen LogP) is 2.50. The molecule has 2 heteroatoms. The van der Waals surface area contributed by atoms with Crippen molar-refractivity contribution >= 4 is 5.78 Å². The molecule has 0 amide bonds. The van der Waals surface area contributed by atoms with Crippen LogP contribution in [0.4, 0.5) is 0 Å². The number of carbonyl (C=O) groups is 1. The van der Waals surface area contributed by atoms with Gasteiger partial charge in [-0.1, -0.05) is 30.3 Å². The number of fused-ring (bicyclic) bond motifs is 3. The number of hydrogen-bond acceptors (Lipinski definition) is 1. The Morgan fingerprint density at radius 2 is 1.65 bits per heavy atom. The average Bonchev–Trinajstić information content (AvgIpc) is 2.41. The van der Waals surface area contributed by atoms with Crippen LogP contribution in [0.5, 0.6) is 0 Å². The van der Waals surface area contributed by atoms with E-state index in [0.29, 0.717) is 5.78 Å². The Hall–Kier alpha value is -1.15. The van der Waals surface area contributed by atoms with Crippen molar-refractivity contribution < 1.29 is 9.28 Å². The first-order valence-corrected chi connectivity index (χ1v) is 6.71. The summed E-state index contributed by atoms with van der Waals surface area (Å²) in [7, 11) is 0. The summed E-state index contributed by atoms with van der Waals surface area (Å²) in [6.07, 6.45) is 4.01. The summed E-state index contributed by atoms with van der Waals surface area (Å²) in [5.74, 6) is 1.28. The third-order valence-electron chi connectivity index (χ3n) is 4.61. The normalized spacial score (nSPS) is 31.4. The molecule has 0 atom stereocenters. The van der Waals surface area contributed by atoms with Crippen LogP contribution in [0, 0.1) is 5.92 Å². The molecule has 90 valence electrons. The first-order valence-electron chi connectivity index (χ1n) is 6.71. The number of quaternary nitrogens is 1. The molecule has 3 fully saturated rings. The third kappa shape index (κ3) is 2.14. The van der Waals surface area contributed by atoms with Crippen molar-refractivity contribution in [1.29, 1.82) is 0 Å². The molecular weight excluding hydrogens is 210 g/mol. The van der Waals surface area contributed by atoms with Crippen LogP contribution in [0.2, 0.25) is 0 Å². The van der Waals surface area contributed by atoms with Gasteiger partial charge >= 0.3 is 0 Å². The molecule has 1 aromatic rings. The lowest BCUT2D eigenvalue weighted by Crippen LogP contribution is -2.60. The number of carbonyl (C=O) groups excluding carboxylic acids is 1. The quantitative estimate of drug-likeness (QED) is 0.576. The van der Waals surface area contributed by atoms with Crippen molar-refractivity contribution in [3.8, 4) is 0 Å². The Morgan fingerprint density at radius 3 is 2.24 bits per heavy atom. The Kier molecular flexibility index (Phi) is 2.75. The van der Waals surface area contributed by atoms with E-state index in [1.807, 2.05) is 30.3 Å². The van der Waals surface area contributed by atoms with Crippen molar-refractivity contribution in [3.63, 3.8) is 0 Å². The van der Waals surface area contributed by atoms with Gasteiger partial charge in [0.15, 0.2) is 0 Å². The van der Waals surface area contributed by atoms with E-state index in [1.54, 1.807) is 0 Å². The number of hydrogen-bond donors (Lipinski definition) is 0. The average molecular weight is 230 g/mol. The molecule has 0 aromatic heterocycles. The maximum absolute atomic E-state index is 12.3. The molecule has 2 bridgehead atoms. The van der Waals surface area contributed by atoms with Crippen LogP contribution in [0.25, 0.3) is 0 Å². The van der Waals surface area contributed by atoms with Gasteiger partial charge in [0.25, 0.3) is 0 Å². The molecule has 4 rings (SSSR count). The smallest absolute Gasteiger partial charge is 0.216 e. The second kappa shape index (κ2) is 4.26. The Morgan fingerprint density at radius 1 is 1.06 bits per heavy atom. The molecule has 17 heavy (non-hydrogen) atoms. The third-order valence-corrected chi connectivity index (χ3v) is 4.61. The zero-order valence-electron chi connectivity index (χ0n) is 10.3. The molecule has 0 saturated carbocycles. The second-order valence-electron chi connectivity index (χ2n) is 5.69. The first kappa shape index (κ1) is 11.0. The largest absolute Gasteiger partial charge is 0.317 e. The minimum absolute atomic E-state index is 0.325. The fourth-order valence-corrected chi connectivity index (χ4v) is 3.39. The standard InChI is InChI=1S/C15H20NO/c17-15(14-4-2-1-3-5-14)12-16-9-6-13(7-10-16)8-11-16/h1-5,13H,6-12H2/q+1. The van der Waals surface area contributed by atoms with E-state index in [4.69, 9.17) is 0 Å². The van der Waals surface area contributed by atoms with Crippen LogP contribution in [0.1, 0.15) is 29.6 Å². The number of nitrogens with zero attached hydrogens (tertiary/aromatic N) is 1. The Bertz CT molecular complexity index is 390. The zero-order chi connectivity index (χ0) is 11.7. The van der Waals surface area contributed by atoms with Gasteiger partial charge in [-0.15, -0.1) is 0 Å². The van der Waals surface area contributed by atoms with Crippen molar-refractivity contribution in [2.45, 2.75) is 19.3 Å². The van der Waals surface area contributed by atoms with E-state index in [1.165, 1.54) is 38.9 Å². The van der Waals surface area contributed by atoms with Gasteiger partial charge in [-0.2, -0.15) is 0 Å². The van der Waals surface area contributed by atoms with Crippen molar-refractivity contribution in [3.05, 3.63) is 35.9 Å². The van der Waals surface area contributed by atoms with Gasteiger partial charge in [-0.05, 0) is 25.2 Å². The summed E-state index contributed by atoms with van der Waals surface area (Å²) < 4.78 is 1.06. The highest BCUT2D eigenvalue weighted by atomic mass is 16.1. The van der Waals surface area contributed by atoms with Crippen LogP contribution < -0.4 is 0 Å². The SMILES string of the molecule is O=C(C[N+]12CCC(CC1)CC2)c1ccccc1. The van der Waals surface area contributed by atoms with Gasteiger partial charge in [-0.25, -0.2) is 0 Å². The Balaban J connectivity index is 1.72. The molecule has 3 heterocycles. The monoisotopic (exact) mass is 230 g/mol. The van der Waals surface area contributed by atoms with E-state index in [9.17, 15) is 4.79 Å². The zero-order valence-corrected chi connectivity index (χ0v) is 10.3. The van der Waals surface area contributed by atoms with Crippen LogP contribution in [-0.4, -0.2) is 36.4 Å². The maximum atomic E-state index is 12.3. The molecule has 0 unspecified atom stereocenters. The van der Waals surface area contributed by atoms with Gasteiger partial charge in [0.1, 0.15) is 6.54 Å². The van der Waals surface area contributed by atoms with Gasteiger partial charge in [0.2, 0.25) is 5.78 Å². The predicted molar refractivity (Wildman–Crippen MR) is 67.8 cm³/mol. The molecule has 3 saturated heterocycles. The van der Waals surface area contributed by atoms with E-state index in [-0.39, 0.29) is 0 Å². The van der Waals surface area contributed by atoms with E-state index in [2.05, 4.69) is 0 Å². The van der Waals surface area contributed by atoms with Gasteiger partial charge in [0.05, 0.1) is 19.6 Å². The lowest BCUT2D eigenvalue weighted by Gasteiger charge is -2.48. The van der Waals surface area contributed by atoms with Gasteiger partial charge < -0.3 is 4.48 Å².